The molecule has 96 valence electrons. The van der Waals surface area contributed by atoms with Crippen LogP contribution in [0.15, 0.2) is 24.3 Å². The van der Waals surface area contributed by atoms with Crippen LogP contribution in [0.4, 0.5) is 0 Å². The van der Waals surface area contributed by atoms with Gasteiger partial charge >= 0.3 is 0 Å². The first-order valence-electron chi connectivity index (χ1n) is 4.39. The van der Waals surface area contributed by atoms with E-state index < -0.39 is 12.5 Å². The van der Waals surface area contributed by atoms with Crippen molar-refractivity contribution in [2.75, 3.05) is 0 Å². The van der Waals surface area contributed by atoms with Crippen molar-refractivity contribution in [3.8, 4) is 0 Å². The Morgan fingerprint density at radius 1 is 0.765 bits per heavy atom. The highest BCUT2D eigenvalue weighted by Gasteiger charge is 2.60. The highest BCUT2D eigenvalue weighted by Crippen LogP contribution is 2.60. The molecule has 0 unspecified atom stereocenters. The van der Waals surface area contributed by atoms with Crippen molar-refractivity contribution >= 4 is 81.2 Å². The molecule has 17 heavy (non-hydrogen) atoms. The molecular weight excluding hydrogens is 368 g/mol. The SMILES string of the molecule is Cc1ccc(C(Cl)(Cl)C(Cl)(Cl)C(Cl)(Cl)Cl)cc1. The summed E-state index contributed by atoms with van der Waals surface area (Å²) >= 11 is 41.3. The van der Waals surface area contributed by atoms with E-state index in [0.717, 1.165) is 5.56 Å². The van der Waals surface area contributed by atoms with Gasteiger partial charge in [0.15, 0.2) is 4.33 Å². The van der Waals surface area contributed by atoms with Gasteiger partial charge in [-0.25, -0.2) is 0 Å². The summed E-state index contributed by atoms with van der Waals surface area (Å²) in [5, 5.41) is 0. The first-order valence-corrected chi connectivity index (χ1v) is 7.04. The average Bonchev–Trinajstić information content (AvgIpc) is 2.16. The van der Waals surface area contributed by atoms with Gasteiger partial charge in [-0.1, -0.05) is 111 Å². The van der Waals surface area contributed by atoms with Crippen molar-refractivity contribution < 1.29 is 0 Å². The third kappa shape index (κ3) is 3.23. The van der Waals surface area contributed by atoms with Crippen molar-refractivity contribution in [2.45, 2.75) is 19.4 Å². The normalized spacial score (nSPS) is 13.9. The van der Waals surface area contributed by atoms with Gasteiger partial charge in [0.25, 0.3) is 0 Å². The number of halogens is 7. The molecule has 0 spiro atoms. The predicted molar refractivity (Wildman–Crippen MR) is 79.3 cm³/mol. The van der Waals surface area contributed by atoms with Crippen LogP contribution in [0.2, 0.25) is 0 Å². The topological polar surface area (TPSA) is 0 Å². The van der Waals surface area contributed by atoms with Gasteiger partial charge in [0.1, 0.15) is 0 Å². The summed E-state index contributed by atoms with van der Waals surface area (Å²) in [5.74, 6) is 0. The molecule has 0 fully saturated rings. The second-order valence-electron chi connectivity index (χ2n) is 3.51. The van der Waals surface area contributed by atoms with Crippen molar-refractivity contribution in [2.24, 2.45) is 0 Å². The monoisotopic (exact) mass is 372 g/mol. The Bertz CT molecular complexity index is 388. The van der Waals surface area contributed by atoms with Crippen LogP contribution in [-0.2, 0) is 4.33 Å². The zero-order chi connectivity index (χ0) is 13.5. The summed E-state index contributed by atoms with van der Waals surface area (Å²) in [6, 6.07) is 6.95. The maximum atomic E-state index is 6.14. The summed E-state index contributed by atoms with van der Waals surface area (Å²) in [4.78, 5) is 0. The van der Waals surface area contributed by atoms with Crippen molar-refractivity contribution in [1.29, 1.82) is 0 Å². The first-order chi connectivity index (χ1) is 7.50. The van der Waals surface area contributed by atoms with E-state index in [0.29, 0.717) is 5.56 Å². The molecule has 0 radical (unpaired) electrons. The largest absolute Gasteiger partial charge is 0.226 e. The van der Waals surface area contributed by atoms with E-state index in [4.69, 9.17) is 81.2 Å². The average molecular weight is 375 g/mol. The Labute approximate surface area is 135 Å². The molecule has 1 aromatic rings. The minimum atomic E-state index is -2.04. The van der Waals surface area contributed by atoms with E-state index >= 15 is 0 Å². The highest BCUT2D eigenvalue weighted by atomic mass is 35.6. The van der Waals surface area contributed by atoms with Crippen LogP contribution < -0.4 is 0 Å². The number of benzene rings is 1. The molecule has 0 amide bonds. The minimum Gasteiger partial charge on any atom is -0.0930 e. The molecule has 7 heteroatoms. The first kappa shape index (κ1) is 16.3. The highest BCUT2D eigenvalue weighted by molar-refractivity contribution is 6.78. The number of alkyl halides is 7. The Hall–Kier alpha value is 1.25. The molecule has 0 aromatic heterocycles. The van der Waals surface area contributed by atoms with Gasteiger partial charge in [0.05, 0.1) is 0 Å². The lowest BCUT2D eigenvalue weighted by atomic mass is 10.1. The fraction of sp³-hybridized carbons (Fsp3) is 0.400. The fourth-order valence-electron chi connectivity index (χ4n) is 1.12. The zero-order valence-electron chi connectivity index (χ0n) is 8.46. The summed E-state index contributed by atoms with van der Waals surface area (Å²) in [6.45, 7) is 1.91. The molecular formula is C10H7Cl7. The molecule has 0 heterocycles. The van der Waals surface area contributed by atoms with Crippen LogP contribution in [0.25, 0.3) is 0 Å². The number of aryl methyl sites for hydroxylation is 1. The van der Waals surface area contributed by atoms with E-state index in [1.165, 1.54) is 0 Å². The van der Waals surface area contributed by atoms with Crippen LogP contribution in [0.1, 0.15) is 11.1 Å². The molecule has 0 bridgehead atoms. The Morgan fingerprint density at radius 2 is 1.18 bits per heavy atom. The Morgan fingerprint density at radius 3 is 1.53 bits per heavy atom. The van der Waals surface area contributed by atoms with E-state index in [9.17, 15) is 0 Å². The van der Waals surface area contributed by atoms with Crippen LogP contribution >= 0.6 is 81.2 Å². The third-order valence-electron chi connectivity index (χ3n) is 2.16. The molecule has 0 atom stereocenters. The molecule has 0 aliphatic carbocycles. The number of hydrogen-bond donors (Lipinski definition) is 0. The van der Waals surface area contributed by atoms with E-state index in [1.54, 1.807) is 24.3 Å². The number of hydrogen-bond acceptors (Lipinski definition) is 0. The molecule has 1 rings (SSSR count). The molecule has 0 saturated heterocycles. The van der Waals surface area contributed by atoms with Crippen LogP contribution in [-0.4, -0.2) is 8.13 Å². The van der Waals surface area contributed by atoms with Gasteiger partial charge < -0.3 is 0 Å². The lowest BCUT2D eigenvalue weighted by Crippen LogP contribution is -2.45. The molecule has 0 aliphatic heterocycles. The summed E-state index contributed by atoms with van der Waals surface area (Å²) in [6.07, 6.45) is 0. The second kappa shape index (κ2) is 5.32. The molecule has 0 aliphatic rings. The maximum Gasteiger partial charge on any atom is 0.226 e. The van der Waals surface area contributed by atoms with Crippen molar-refractivity contribution in [3.63, 3.8) is 0 Å². The van der Waals surface area contributed by atoms with Gasteiger partial charge in [-0.05, 0) is 12.5 Å². The van der Waals surface area contributed by atoms with Gasteiger partial charge in [0, 0.05) is 0 Å². The smallest absolute Gasteiger partial charge is 0.0930 e. The van der Waals surface area contributed by atoms with E-state index in [2.05, 4.69) is 0 Å². The van der Waals surface area contributed by atoms with Gasteiger partial charge in [-0.3, -0.25) is 0 Å². The van der Waals surface area contributed by atoms with Crippen molar-refractivity contribution in [3.05, 3.63) is 35.4 Å². The maximum absolute atomic E-state index is 6.14. The quantitative estimate of drug-likeness (QED) is 0.543. The van der Waals surface area contributed by atoms with Crippen LogP contribution in [0.3, 0.4) is 0 Å². The second-order valence-corrected chi connectivity index (χ2v) is 8.45. The predicted octanol–water partition coefficient (Wildman–Crippen LogP) is 6.17. The minimum absolute atomic E-state index is 0.447. The Balaban J connectivity index is 3.23. The zero-order valence-corrected chi connectivity index (χ0v) is 13.7. The Kier molecular flexibility index (Phi) is 5.11. The summed E-state index contributed by atoms with van der Waals surface area (Å²) in [5.41, 5.74) is 1.48. The van der Waals surface area contributed by atoms with Gasteiger partial charge in [-0.15, -0.1) is 0 Å². The molecule has 0 saturated carbocycles. The van der Waals surface area contributed by atoms with E-state index in [1.807, 2.05) is 6.92 Å². The third-order valence-corrected chi connectivity index (χ3v) is 6.12. The molecule has 0 nitrogen and oxygen atoms in total. The summed E-state index contributed by atoms with van der Waals surface area (Å²) in [7, 11) is 0. The van der Waals surface area contributed by atoms with Crippen molar-refractivity contribution in [1.82, 2.24) is 0 Å². The van der Waals surface area contributed by atoms with Crippen LogP contribution in [0, 0.1) is 6.92 Å². The summed E-state index contributed by atoms with van der Waals surface area (Å²) < 4.78 is -5.79. The van der Waals surface area contributed by atoms with E-state index in [-0.39, 0.29) is 0 Å². The molecule has 1 aromatic carbocycles. The van der Waals surface area contributed by atoms with Gasteiger partial charge in [-0.2, -0.15) is 0 Å². The lowest BCUT2D eigenvalue weighted by molar-refractivity contribution is 0.698. The number of rotatable bonds is 2. The lowest BCUT2D eigenvalue weighted by Gasteiger charge is -2.37. The standard InChI is InChI=1S/C10H7Cl7/c1-6-2-4-7(5-3-6)8(11,12)9(13,14)10(15,16)17/h2-5H,1H3. The van der Waals surface area contributed by atoms with Gasteiger partial charge in [0.2, 0.25) is 8.13 Å². The molecule has 0 N–H and O–H groups in total. The van der Waals surface area contributed by atoms with Crippen LogP contribution in [0.5, 0.6) is 0 Å². The fourth-order valence-corrected chi connectivity index (χ4v) is 2.59.